The van der Waals surface area contributed by atoms with Crippen LogP contribution in [0.3, 0.4) is 0 Å². The van der Waals surface area contributed by atoms with E-state index in [0.29, 0.717) is 24.8 Å². The van der Waals surface area contributed by atoms with Crippen LogP contribution < -0.4 is 0 Å². The standard InChI is InChI=1S/C54H53N3O16/c1-63-41(58)30-18-7-19-31-64-53-42(56-57-55)45(43-40(67-53)33-66-52(72-43)38-28-16-6-17-29-38)73-54-47(71-51(62)37-26-14-5-15-27-37)46(70-50(61)36-24-12-4-13-25-36)44(69-49(60)35-22-10-3-11-23-35)39(68-54)32-65-48(59)34-20-8-2-9-21-34/h2-6,8-17,20-29,39-40,42-47,52-54H,7,18-19,30-33H2,1H3/t39-,40-,42-,43+,44+,45-,46+,47-,52+,53+,54+/m1/s1. The number of hydrogen-bond acceptors (Lipinski definition) is 17. The van der Waals surface area contributed by atoms with Gasteiger partial charge in [-0.25, -0.2) is 19.2 Å². The van der Waals surface area contributed by atoms with E-state index in [4.69, 9.17) is 52.1 Å². The minimum atomic E-state index is -1.81. The number of rotatable bonds is 20. The quantitative estimate of drug-likeness (QED) is 0.0180. The van der Waals surface area contributed by atoms with E-state index in [1.165, 1.54) is 43.5 Å². The smallest absolute Gasteiger partial charge is 0.338 e. The molecule has 0 aliphatic carbocycles. The normalized spacial score (nSPS) is 25.4. The summed E-state index contributed by atoms with van der Waals surface area (Å²) in [6, 6.07) is 39.7. The first kappa shape index (κ1) is 51.9. The molecule has 8 rings (SSSR count). The minimum absolute atomic E-state index is 0.0586. The van der Waals surface area contributed by atoms with Crippen molar-refractivity contribution in [1.29, 1.82) is 0 Å². The molecule has 0 radical (unpaired) electrons. The van der Waals surface area contributed by atoms with Gasteiger partial charge in [-0.15, -0.1) is 0 Å². The highest BCUT2D eigenvalue weighted by Crippen LogP contribution is 2.40. The summed E-state index contributed by atoms with van der Waals surface area (Å²) in [6.45, 7) is -0.586. The van der Waals surface area contributed by atoms with Crippen LogP contribution in [0.2, 0.25) is 0 Å². The summed E-state index contributed by atoms with van der Waals surface area (Å²) in [4.78, 5) is 71.3. The van der Waals surface area contributed by atoms with Crippen LogP contribution in [-0.2, 0) is 56.9 Å². The number of carbonyl (C=O) groups is 5. The van der Waals surface area contributed by atoms with Gasteiger partial charge in [0.05, 0.1) is 36.0 Å². The molecule has 5 aromatic rings. The summed E-state index contributed by atoms with van der Waals surface area (Å²) in [5.74, 6) is -3.82. The molecule has 3 fully saturated rings. The van der Waals surface area contributed by atoms with Crippen molar-refractivity contribution in [1.82, 2.24) is 0 Å². The summed E-state index contributed by atoms with van der Waals surface area (Å²) in [5.41, 5.74) is 11.3. The third-order valence-electron chi connectivity index (χ3n) is 12.1. The molecule has 3 aliphatic heterocycles. The van der Waals surface area contributed by atoms with E-state index in [1.807, 2.05) is 18.2 Å². The van der Waals surface area contributed by atoms with Crippen LogP contribution in [0.5, 0.6) is 0 Å². The molecule has 11 atom stereocenters. The number of esters is 5. The molecule has 3 aliphatic rings. The van der Waals surface area contributed by atoms with Gasteiger partial charge in [-0.2, -0.15) is 0 Å². The first-order valence-electron chi connectivity index (χ1n) is 23.7. The second kappa shape index (κ2) is 25.8. The topological polar surface area (TPSA) is 236 Å². The molecule has 3 saturated heterocycles. The maximum atomic E-state index is 14.3. The molecule has 0 N–H and O–H groups in total. The maximum Gasteiger partial charge on any atom is 0.338 e. The van der Waals surface area contributed by atoms with Gasteiger partial charge in [0, 0.05) is 23.5 Å². The molecule has 380 valence electrons. The Morgan fingerprint density at radius 3 is 1.66 bits per heavy atom. The fraction of sp³-hybridized carbons (Fsp3) is 0.352. The number of ether oxygens (including phenoxy) is 11. The molecule has 0 saturated carbocycles. The SMILES string of the molecule is COC(=O)CCCCCO[C@H]1O[C@@H]2CO[C@H](c3ccccc3)O[C@@H]2[C@H](O[C@@H]2O[C@H](COC(=O)c3ccccc3)[C@H](OC(=O)c3ccccc3)[C@H](OC(=O)c3ccccc3)[C@H]2OC(=O)c2ccccc2)[C@H]1N=[N+]=[N-]. The molecule has 0 unspecified atom stereocenters. The van der Waals surface area contributed by atoms with Gasteiger partial charge < -0.3 is 52.1 Å². The van der Waals surface area contributed by atoms with Gasteiger partial charge >= 0.3 is 29.8 Å². The Kier molecular flexibility index (Phi) is 18.3. The lowest BCUT2D eigenvalue weighted by atomic mass is 9.94. The lowest BCUT2D eigenvalue weighted by molar-refractivity contribution is -0.375. The maximum absolute atomic E-state index is 14.3. The Bertz CT molecular complexity index is 2650. The van der Waals surface area contributed by atoms with Crippen LogP contribution in [-0.4, -0.2) is 118 Å². The summed E-state index contributed by atoms with van der Waals surface area (Å²) < 4.78 is 68.5. The number of fused-ring (bicyclic) bond motifs is 1. The number of azide groups is 1. The zero-order valence-corrected chi connectivity index (χ0v) is 39.6. The van der Waals surface area contributed by atoms with Crippen molar-refractivity contribution in [3.05, 3.63) is 190 Å². The third kappa shape index (κ3) is 13.5. The molecule has 19 nitrogen and oxygen atoms in total. The van der Waals surface area contributed by atoms with E-state index in [-0.39, 0.29) is 47.9 Å². The van der Waals surface area contributed by atoms with Gasteiger partial charge in [0.2, 0.25) is 0 Å². The Hall–Kier alpha value is -7.48. The number of benzene rings is 5. The van der Waals surface area contributed by atoms with Crippen LogP contribution in [0.4, 0.5) is 0 Å². The van der Waals surface area contributed by atoms with Crippen LogP contribution in [0.1, 0.15) is 79.0 Å². The van der Waals surface area contributed by atoms with Crippen molar-refractivity contribution < 1.29 is 76.1 Å². The van der Waals surface area contributed by atoms with Gasteiger partial charge in [-0.1, -0.05) is 115 Å². The highest BCUT2D eigenvalue weighted by molar-refractivity contribution is 5.91. The highest BCUT2D eigenvalue weighted by atomic mass is 16.8. The summed E-state index contributed by atoms with van der Waals surface area (Å²) in [7, 11) is 1.32. The van der Waals surface area contributed by atoms with Gasteiger partial charge in [-0.05, 0) is 66.9 Å². The van der Waals surface area contributed by atoms with E-state index >= 15 is 0 Å². The van der Waals surface area contributed by atoms with E-state index in [1.54, 1.807) is 97.1 Å². The Balaban J connectivity index is 1.21. The minimum Gasteiger partial charge on any atom is -0.469 e. The number of unbranched alkanes of at least 4 members (excludes halogenated alkanes) is 2. The highest BCUT2D eigenvalue weighted by Gasteiger charge is 2.58. The molecule has 19 heteroatoms. The lowest BCUT2D eigenvalue weighted by Gasteiger charge is -2.50. The van der Waals surface area contributed by atoms with Crippen molar-refractivity contribution in [3.63, 3.8) is 0 Å². The molecule has 5 aromatic carbocycles. The largest absolute Gasteiger partial charge is 0.469 e. The van der Waals surface area contributed by atoms with Crippen molar-refractivity contribution in [2.24, 2.45) is 5.11 Å². The van der Waals surface area contributed by atoms with Gasteiger partial charge in [0.1, 0.15) is 37.1 Å². The second-order valence-electron chi connectivity index (χ2n) is 17.0. The molecule has 3 heterocycles. The molecule has 0 spiro atoms. The average Bonchev–Trinajstić information content (AvgIpc) is 3.44. The third-order valence-corrected chi connectivity index (χ3v) is 12.1. The average molecular weight is 1000 g/mol. The summed E-state index contributed by atoms with van der Waals surface area (Å²) in [5, 5.41) is 4.13. The molecule has 73 heavy (non-hydrogen) atoms. The zero-order chi connectivity index (χ0) is 50.9. The van der Waals surface area contributed by atoms with Crippen LogP contribution >= 0.6 is 0 Å². The molecular weight excluding hydrogens is 947 g/mol. The van der Waals surface area contributed by atoms with E-state index < -0.39 is 98.1 Å². The zero-order valence-electron chi connectivity index (χ0n) is 39.6. The van der Waals surface area contributed by atoms with Gasteiger partial charge in [0.15, 0.2) is 37.2 Å². The fourth-order valence-electron chi connectivity index (χ4n) is 8.46. The second-order valence-corrected chi connectivity index (χ2v) is 17.0. The molecule has 0 bridgehead atoms. The van der Waals surface area contributed by atoms with Crippen molar-refractivity contribution in [2.45, 2.75) is 93.3 Å². The number of hydrogen-bond donors (Lipinski definition) is 0. The van der Waals surface area contributed by atoms with Crippen molar-refractivity contribution in [3.8, 4) is 0 Å². The summed E-state index contributed by atoms with van der Waals surface area (Å²) in [6.07, 6.45) is -12.4. The van der Waals surface area contributed by atoms with Crippen LogP contribution in [0.15, 0.2) is 157 Å². The first-order valence-corrected chi connectivity index (χ1v) is 23.7. The van der Waals surface area contributed by atoms with E-state index in [9.17, 15) is 29.5 Å². The Labute approximate surface area is 420 Å². The predicted octanol–water partition coefficient (Wildman–Crippen LogP) is 7.90. The van der Waals surface area contributed by atoms with Crippen molar-refractivity contribution in [2.75, 3.05) is 26.9 Å². The number of carbonyl (C=O) groups excluding carboxylic acids is 5. The lowest BCUT2D eigenvalue weighted by Crippen LogP contribution is -2.67. The monoisotopic (exact) mass is 999 g/mol. The molecule has 0 aromatic heterocycles. The fourth-order valence-corrected chi connectivity index (χ4v) is 8.46. The number of methoxy groups -OCH3 is 1. The number of nitrogens with zero attached hydrogens (tertiary/aromatic N) is 3. The first-order chi connectivity index (χ1) is 35.7. The van der Waals surface area contributed by atoms with Gasteiger partial charge in [0.25, 0.3) is 0 Å². The van der Waals surface area contributed by atoms with Crippen molar-refractivity contribution >= 4 is 29.8 Å². The van der Waals surface area contributed by atoms with Crippen LogP contribution in [0, 0.1) is 0 Å². The Morgan fingerprint density at radius 1 is 0.589 bits per heavy atom. The molecular formula is C54H53N3O16. The molecule has 0 amide bonds. The van der Waals surface area contributed by atoms with Gasteiger partial charge in [-0.3, -0.25) is 4.79 Å². The summed E-state index contributed by atoms with van der Waals surface area (Å²) >= 11 is 0. The van der Waals surface area contributed by atoms with Crippen LogP contribution in [0.25, 0.3) is 10.4 Å². The van der Waals surface area contributed by atoms with E-state index in [2.05, 4.69) is 10.0 Å². The van der Waals surface area contributed by atoms with E-state index in [0.717, 1.165) is 0 Å². The predicted molar refractivity (Wildman–Crippen MR) is 255 cm³/mol. The Morgan fingerprint density at radius 2 is 1.11 bits per heavy atom.